The van der Waals surface area contributed by atoms with E-state index in [9.17, 15) is 0 Å². The summed E-state index contributed by atoms with van der Waals surface area (Å²) in [4.78, 5) is 4.26. The molecule has 0 fully saturated rings. The third-order valence-corrected chi connectivity index (χ3v) is 3.33. The third-order valence-electron chi connectivity index (χ3n) is 2.69. The molecule has 0 amide bonds. The molecule has 0 aliphatic carbocycles. The smallest absolute Gasteiger partial charge is 0.140 e. The van der Waals surface area contributed by atoms with Crippen molar-refractivity contribution >= 4 is 27.4 Å². The maximum Gasteiger partial charge on any atom is 0.140 e. The first kappa shape index (κ1) is 11.9. The van der Waals surface area contributed by atoms with E-state index < -0.39 is 0 Å². The highest BCUT2D eigenvalue weighted by atomic mass is 79.9. The van der Waals surface area contributed by atoms with Crippen LogP contribution in [0.3, 0.4) is 0 Å². The molecule has 3 N–H and O–H groups in total. The molecule has 2 aromatic rings. The lowest BCUT2D eigenvalue weighted by Crippen LogP contribution is -2.04. The van der Waals surface area contributed by atoms with Crippen LogP contribution in [0.5, 0.6) is 0 Å². The van der Waals surface area contributed by atoms with Crippen molar-refractivity contribution in [2.45, 2.75) is 13.5 Å². The summed E-state index contributed by atoms with van der Waals surface area (Å²) >= 11 is 3.45. The SMILES string of the molecule is Cc1c(N)cccc1CNc1ncccc1Br. The van der Waals surface area contributed by atoms with Crippen LogP contribution in [0.2, 0.25) is 0 Å². The predicted octanol–water partition coefficient (Wildman–Crippen LogP) is 3.35. The fourth-order valence-corrected chi connectivity index (χ4v) is 1.98. The van der Waals surface area contributed by atoms with Crippen LogP contribution >= 0.6 is 15.9 Å². The normalized spacial score (nSPS) is 10.2. The zero-order valence-electron chi connectivity index (χ0n) is 9.57. The summed E-state index contributed by atoms with van der Waals surface area (Å²) in [6.45, 7) is 2.74. The fraction of sp³-hybridized carbons (Fsp3) is 0.154. The van der Waals surface area contributed by atoms with E-state index in [0.29, 0.717) is 6.54 Å². The van der Waals surface area contributed by atoms with E-state index in [1.54, 1.807) is 6.20 Å². The summed E-state index contributed by atoms with van der Waals surface area (Å²) < 4.78 is 0.960. The van der Waals surface area contributed by atoms with Crippen molar-refractivity contribution < 1.29 is 0 Å². The van der Waals surface area contributed by atoms with E-state index in [1.807, 2.05) is 31.2 Å². The lowest BCUT2D eigenvalue weighted by atomic mass is 10.1. The molecule has 4 heteroatoms. The highest BCUT2D eigenvalue weighted by Gasteiger charge is 2.03. The zero-order valence-corrected chi connectivity index (χ0v) is 11.2. The maximum atomic E-state index is 5.87. The van der Waals surface area contributed by atoms with Crippen molar-refractivity contribution in [3.8, 4) is 0 Å². The molecular weight excluding hydrogens is 278 g/mol. The number of hydrogen-bond donors (Lipinski definition) is 2. The Kier molecular flexibility index (Phi) is 3.64. The summed E-state index contributed by atoms with van der Waals surface area (Å²) in [5, 5.41) is 3.28. The molecule has 0 saturated carbocycles. The number of rotatable bonds is 3. The van der Waals surface area contributed by atoms with Crippen LogP contribution in [0.15, 0.2) is 41.0 Å². The average Bonchev–Trinajstić information content (AvgIpc) is 2.33. The van der Waals surface area contributed by atoms with E-state index in [1.165, 1.54) is 5.56 Å². The Labute approximate surface area is 109 Å². The minimum Gasteiger partial charge on any atom is -0.399 e. The molecule has 1 aromatic carbocycles. The Balaban J connectivity index is 2.13. The molecule has 0 aliphatic rings. The number of pyridine rings is 1. The second kappa shape index (κ2) is 5.19. The van der Waals surface area contributed by atoms with Crippen LogP contribution in [0.4, 0.5) is 11.5 Å². The van der Waals surface area contributed by atoms with Gasteiger partial charge in [0.2, 0.25) is 0 Å². The molecule has 0 radical (unpaired) electrons. The summed E-state index contributed by atoms with van der Waals surface area (Å²) in [6, 6.07) is 9.79. The monoisotopic (exact) mass is 291 g/mol. The average molecular weight is 292 g/mol. The molecule has 0 unspecified atom stereocenters. The van der Waals surface area contributed by atoms with Gasteiger partial charge in [0.05, 0.1) is 4.47 Å². The summed E-state index contributed by atoms with van der Waals surface area (Å²) in [6.07, 6.45) is 1.76. The van der Waals surface area contributed by atoms with Gasteiger partial charge >= 0.3 is 0 Å². The number of halogens is 1. The number of benzene rings is 1. The highest BCUT2D eigenvalue weighted by Crippen LogP contribution is 2.21. The molecule has 0 aliphatic heterocycles. The minimum atomic E-state index is 0.715. The van der Waals surface area contributed by atoms with Gasteiger partial charge in [-0.2, -0.15) is 0 Å². The first-order chi connectivity index (χ1) is 8.18. The standard InChI is InChI=1S/C13H14BrN3/c1-9-10(4-2-6-12(9)15)8-17-13-11(14)5-3-7-16-13/h2-7H,8,15H2,1H3,(H,16,17). The molecule has 0 bridgehead atoms. The quantitative estimate of drug-likeness (QED) is 0.853. The Morgan fingerprint density at radius 2 is 2.12 bits per heavy atom. The zero-order chi connectivity index (χ0) is 12.3. The second-order valence-electron chi connectivity index (χ2n) is 3.82. The number of anilines is 2. The van der Waals surface area contributed by atoms with Crippen LogP contribution in [0.25, 0.3) is 0 Å². The number of nitrogen functional groups attached to an aromatic ring is 1. The minimum absolute atomic E-state index is 0.715. The van der Waals surface area contributed by atoms with Crippen LogP contribution in [-0.2, 0) is 6.54 Å². The Morgan fingerprint density at radius 1 is 1.29 bits per heavy atom. The lowest BCUT2D eigenvalue weighted by molar-refractivity contribution is 1.09. The molecule has 1 aromatic heterocycles. The molecule has 88 valence electrons. The van der Waals surface area contributed by atoms with Crippen LogP contribution < -0.4 is 11.1 Å². The molecule has 1 heterocycles. The molecule has 0 spiro atoms. The first-order valence-electron chi connectivity index (χ1n) is 5.37. The van der Waals surface area contributed by atoms with Crippen LogP contribution in [0.1, 0.15) is 11.1 Å². The Bertz CT molecular complexity index is 526. The van der Waals surface area contributed by atoms with E-state index in [-0.39, 0.29) is 0 Å². The van der Waals surface area contributed by atoms with Gasteiger partial charge in [-0.1, -0.05) is 12.1 Å². The largest absolute Gasteiger partial charge is 0.399 e. The summed E-state index contributed by atoms with van der Waals surface area (Å²) in [5.74, 6) is 0.842. The van der Waals surface area contributed by atoms with Gasteiger partial charge in [-0.05, 0) is 52.2 Å². The molecule has 2 rings (SSSR count). The van der Waals surface area contributed by atoms with Gasteiger partial charge in [-0.3, -0.25) is 0 Å². The van der Waals surface area contributed by atoms with Gasteiger partial charge in [-0.15, -0.1) is 0 Å². The van der Waals surface area contributed by atoms with Gasteiger partial charge in [0.25, 0.3) is 0 Å². The van der Waals surface area contributed by atoms with Crippen molar-refractivity contribution in [3.63, 3.8) is 0 Å². The molecular formula is C13H14BrN3. The summed E-state index contributed by atoms with van der Waals surface area (Å²) in [7, 11) is 0. The predicted molar refractivity (Wildman–Crippen MR) is 74.9 cm³/mol. The van der Waals surface area contributed by atoms with Crippen LogP contribution in [0, 0.1) is 6.92 Å². The van der Waals surface area contributed by atoms with E-state index in [2.05, 4.69) is 32.3 Å². The highest BCUT2D eigenvalue weighted by molar-refractivity contribution is 9.10. The van der Waals surface area contributed by atoms with E-state index in [4.69, 9.17) is 5.73 Å². The third kappa shape index (κ3) is 2.77. The van der Waals surface area contributed by atoms with Crippen LogP contribution in [-0.4, -0.2) is 4.98 Å². The maximum absolute atomic E-state index is 5.87. The molecule has 3 nitrogen and oxygen atoms in total. The topological polar surface area (TPSA) is 50.9 Å². The van der Waals surface area contributed by atoms with Crippen molar-refractivity contribution in [2.24, 2.45) is 0 Å². The lowest BCUT2D eigenvalue weighted by Gasteiger charge is -2.10. The Morgan fingerprint density at radius 3 is 2.88 bits per heavy atom. The summed E-state index contributed by atoms with van der Waals surface area (Å²) in [5.41, 5.74) is 8.99. The first-order valence-corrected chi connectivity index (χ1v) is 6.16. The number of hydrogen-bond acceptors (Lipinski definition) is 3. The van der Waals surface area contributed by atoms with E-state index in [0.717, 1.165) is 21.5 Å². The number of nitrogens with two attached hydrogens (primary N) is 1. The van der Waals surface area contributed by atoms with Crippen molar-refractivity contribution in [1.29, 1.82) is 0 Å². The molecule has 0 atom stereocenters. The van der Waals surface area contributed by atoms with Gasteiger partial charge in [0, 0.05) is 18.4 Å². The fourth-order valence-electron chi connectivity index (χ4n) is 1.59. The number of nitrogens with zero attached hydrogens (tertiary/aromatic N) is 1. The molecule has 17 heavy (non-hydrogen) atoms. The van der Waals surface area contributed by atoms with E-state index >= 15 is 0 Å². The van der Waals surface area contributed by atoms with Crippen molar-refractivity contribution in [2.75, 3.05) is 11.1 Å². The van der Waals surface area contributed by atoms with Gasteiger partial charge in [-0.25, -0.2) is 4.98 Å². The van der Waals surface area contributed by atoms with Crippen molar-refractivity contribution in [1.82, 2.24) is 4.98 Å². The van der Waals surface area contributed by atoms with Crippen molar-refractivity contribution in [3.05, 3.63) is 52.1 Å². The number of nitrogens with one attached hydrogen (secondary N) is 1. The molecule has 0 saturated heterocycles. The van der Waals surface area contributed by atoms with Gasteiger partial charge in [0.1, 0.15) is 5.82 Å². The second-order valence-corrected chi connectivity index (χ2v) is 4.67. The Hall–Kier alpha value is -1.55. The number of aromatic nitrogens is 1. The van der Waals surface area contributed by atoms with Gasteiger partial charge < -0.3 is 11.1 Å². The van der Waals surface area contributed by atoms with Gasteiger partial charge in [0.15, 0.2) is 0 Å².